The molecule has 3 nitrogen and oxygen atoms in total. The van der Waals surface area contributed by atoms with Crippen LogP contribution >= 0.6 is 0 Å². The smallest absolute Gasteiger partial charge is 0.143 e. The molecule has 0 saturated carbocycles. The fourth-order valence-electron chi connectivity index (χ4n) is 8.11. The molecule has 0 aliphatic carbocycles. The van der Waals surface area contributed by atoms with Crippen LogP contribution < -0.4 is 4.90 Å². The molecule has 0 unspecified atom stereocenters. The molecule has 9 aromatic carbocycles. The van der Waals surface area contributed by atoms with E-state index >= 15 is 0 Å². The van der Waals surface area contributed by atoms with Gasteiger partial charge < -0.3 is 13.7 Å². The van der Waals surface area contributed by atoms with Gasteiger partial charge in [-0.15, -0.1) is 0 Å². The topological polar surface area (TPSA) is 29.5 Å². The van der Waals surface area contributed by atoms with Crippen LogP contribution in [0.15, 0.2) is 209 Å². The van der Waals surface area contributed by atoms with E-state index in [1.807, 2.05) is 12.1 Å². The number of para-hydroxylation sites is 2. The monoisotopic (exact) mass is 703 g/mol. The van der Waals surface area contributed by atoms with Crippen molar-refractivity contribution in [3.05, 3.63) is 200 Å². The Morgan fingerprint density at radius 2 is 0.873 bits per heavy atom. The van der Waals surface area contributed by atoms with Crippen LogP contribution in [0.5, 0.6) is 0 Å². The minimum atomic E-state index is 0.893. The van der Waals surface area contributed by atoms with Gasteiger partial charge in [-0.05, 0) is 105 Å². The summed E-state index contributed by atoms with van der Waals surface area (Å²) in [6, 6.07) is 71.0. The highest BCUT2D eigenvalue weighted by atomic mass is 16.3. The van der Waals surface area contributed by atoms with Gasteiger partial charge in [-0.25, -0.2) is 0 Å². The molecular weight excluding hydrogens is 671 g/mol. The first-order valence-electron chi connectivity index (χ1n) is 18.7. The molecular formula is C52H33NO2. The Balaban J connectivity index is 0.984. The Bertz CT molecular complexity index is 3190. The summed E-state index contributed by atoms with van der Waals surface area (Å²) in [4.78, 5) is 2.33. The zero-order valence-electron chi connectivity index (χ0n) is 29.8. The Morgan fingerprint density at radius 1 is 0.291 bits per heavy atom. The third kappa shape index (κ3) is 5.36. The second kappa shape index (κ2) is 12.6. The van der Waals surface area contributed by atoms with E-state index in [0.29, 0.717) is 0 Å². The number of anilines is 3. The summed E-state index contributed by atoms with van der Waals surface area (Å²) in [6.07, 6.45) is 0. The van der Waals surface area contributed by atoms with Gasteiger partial charge in [0.15, 0.2) is 0 Å². The predicted molar refractivity (Wildman–Crippen MR) is 229 cm³/mol. The lowest BCUT2D eigenvalue weighted by Crippen LogP contribution is -2.10. The van der Waals surface area contributed by atoms with E-state index in [2.05, 4.69) is 193 Å². The molecule has 0 amide bonds. The van der Waals surface area contributed by atoms with Crippen molar-refractivity contribution in [3.8, 4) is 33.4 Å². The van der Waals surface area contributed by atoms with Crippen LogP contribution in [0, 0.1) is 0 Å². The van der Waals surface area contributed by atoms with Gasteiger partial charge >= 0.3 is 0 Å². The van der Waals surface area contributed by atoms with E-state index in [1.54, 1.807) is 0 Å². The van der Waals surface area contributed by atoms with Crippen LogP contribution in [0.25, 0.3) is 88.0 Å². The van der Waals surface area contributed by atoms with Gasteiger partial charge in [-0.1, -0.05) is 133 Å². The first-order valence-corrected chi connectivity index (χ1v) is 18.7. The van der Waals surface area contributed by atoms with Crippen LogP contribution in [0.2, 0.25) is 0 Å². The number of furan rings is 2. The van der Waals surface area contributed by atoms with Gasteiger partial charge in [0, 0.05) is 44.2 Å². The quantitative estimate of drug-likeness (QED) is 0.173. The lowest BCUT2D eigenvalue weighted by molar-refractivity contribution is 0.669. The molecule has 0 fully saturated rings. The van der Waals surface area contributed by atoms with Crippen LogP contribution in [-0.4, -0.2) is 0 Å². The highest BCUT2D eigenvalue weighted by molar-refractivity contribution is 6.11. The number of hydrogen-bond acceptors (Lipinski definition) is 3. The third-order valence-electron chi connectivity index (χ3n) is 10.9. The summed E-state index contributed by atoms with van der Waals surface area (Å²) in [6.45, 7) is 0. The van der Waals surface area contributed by atoms with Gasteiger partial charge in [0.2, 0.25) is 0 Å². The van der Waals surface area contributed by atoms with E-state index < -0.39 is 0 Å². The molecule has 11 rings (SSSR count). The van der Waals surface area contributed by atoms with Crippen molar-refractivity contribution < 1.29 is 8.83 Å². The molecule has 0 saturated heterocycles. The van der Waals surface area contributed by atoms with Crippen LogP contribution in [0.4, 0.5) is 17.1 Å². The molecule has 11 aromatic rings. The Kier molecular flexibility index (Phi) is 7.17. The second-order valence-electron chi connectivity index (χ2n) is 14.1. The first kappa shape index (κ1) is 31.2. The number of benzene rings is 9. The van der Waals surface area contributed by atoms with Crippen LogP contribution in [-0.2, 0) is 0 Å². The van der Waals surface area contributed by atoms with Crippen LogP contribution in [0.1, 0.15) is 0 Å². The predicted octanol–water partition coefficient (Wildman–Crippen LogP) is 15.1. The molecule has 2 aromatic heterocycles. The number of nitrogens with zero attached hydrogens (tertiary/aromatic N) is 1. The minimum Gasteiger partial charge on any atom is -0.456 e. The molecule has 0 bridgehead atoms. The molecule has 0 aliphatic rings. The fraction of sp³-hybridized carbons (Fsp3) is 0. The standard InChI is InChI=1S/C52H33NO2/c1-2-10-34(11-3-1)37-14-8-15-43(30-37)53(42-27-22-36(23-28-42)44-17-9-18-47-45-16-6-7-19-49(45)55-52(44)47)41-25-20-35(21-26-41)40-24-29-46-48-31-38-12-4-5-13-39(38)32-51(48)54-50(46)33-40/h1-33H. The molecule has 0 radical (unpaired) electrons. The van der Waals surface area contributed by atoms with Crippen molar-refractivity contribution >= 4 is 71.7 Å². The minimum absolute atomic E-state index is 0.893. The highest BCUT2D eigenvalue weighted by Gasteiger charge is 2.17. The lowest BCUT2D eigenvalue weighted by atomic mass is 10.0. The third-order valence-corrected chi connectivity index (χ3v) is 10.9. The molecule has 258 valence electrons. The summed E-state index contributed by atoms with van der Waals surface area (Å²) in [7, 11) is 0. The number of fused-ring (bicyclic) bond motifs is 7. The number of hydrogen-bond donors (Lipinski definition) is 0. The van der Waals surface area contributed by atoms with Gasteiger partial charge in [-0.2, -0.15) is 0 Å². The van der Waals surface area contributed by atoms with Crippen molar-refractivity contribution in [2.45, 2.75) is 0 Å². The summed E-state index contributed by atoms with van der Waals surface area (Å²) in [5.74, 6) is 0. The normalized spacial score (nSPS) is 11.6. The molecule has 2 heterocycles. The van der Waals surface area contributed by atoms with Crippen molar-refractivity contribution in [2.24, 2.45) is 0 Å². The SMILES string of the molecule is c1ccc(-c2cccc(N(c3ccc(-c4ccc5c(c4)oc4cc6ccccc6cc45)cc3)c3ccc(-c4cccc5c4oc4ccccc45)cc3)c2)cc1. The zero-order chi connectivity index (χ0) is 36.3. The Hall–Kier alpha value is -7.36. The van der Waals surface area contributed by atoms with Crippen LogP contribution in [0.3, 0.4) is 0 Å². The van der Waals surface area contributed by atoms with Gasteiger partial charge in [-0.3, -0.25) is 0 Å². The fourth-order valence-corrected chi connectivity index (χ4v) is 8.11. The van der Waals surface area contributed by atoms with Crippen molar-refractivity contribution in [3.63, 3.8) is 0 Å². The molecule has 0 N–H and O–H groups in total. The Labute approximate surface area is 317 Å². The van der Waals surface area contributed by atoms with E-state index in [-0.39, 0.29) is 0 Å². The van der Waals surface area contributed by atoms with E-state index in [1.165, 1.54) is 21.9 Å². The molecule has 0 spiro atoms. The molecule has 55 heavy (non-hydrogen) atoms. The van der Waals surface area contributed by atoms with E-state index in [4.69, 9.17) is 8.83 Å². The molecule has 0 atom stereocenters. The maximum absolute atomic E-state index is 6.41. The second-order valence-corrected chi connectivity index (χ2v) is 14.1. The first-order chi connectivity index (χ1) is 27.2. The van der Waals surface area contributed by atoms with Gasteiger partial charge in [0.05, 0.1) is 0 Å². The van der Waals surface area contributed by atoms with E-state index in [9.17, 15) is 0 Å². The highest BCUT2D eigenvalue weighted by Crippen LogP contribution is 2.41. The lowest BCUT2D eigenvalue weighted by Gasteiger charge is -2.26. The summed E-state index contributed by atoms with van der Waals surface area (Å²) in [5, 5.41) is 6.94. The maximum Gasteiger partial charge on any atom is 0.143 e. The van der Waals surface area contributed by atoms with Crippen molar-refractivity contribution in [1.29, 1.82) is 0 Å². The van der Waals surface area contributed by atoms with Crippen molar-refractivity contribution in [2.75, 3.05) is 4.90 Å². The largest absolute Gasteiger partial charge is 0.456 e. The summed E-state index contributed by atoms with van der Waals surface area (Å²) >= 11 is 0. The number of rotatable bonds is 6. The maximum atomic E-state index is 6.41. The average Bonchev–Trinajstić information content (AvgIpc) is 3.81. The summed E-state index contributed by atoms with van der Waals surface area (Å²) in [5.41, 5.74) is 13.6. The van der Waals surface area contributed by atoms with Gasteiger partial charge in [0.25, 0.3) is 0 Å². The van der Waals surface area contributed by atoms with E-state index in [0.717, 1.165) is 83.2 Å². The van der Waals surface area contributed by atoms with Crippen molar-refractivity contribution in [1.82, 2.24) is 0 Å². The Morgan fingerprint density at radius 3 is 1.69 bits per heavy atom. The molecule has 3 heteroatoms. The van der Waals surface area contributed by atoms with Gasteiger partial charge in [0.1, 0.15) is 22.3 Å². The summed E-state index contributed by atoms with van der Waals surface area (Å²) < 4.78 is 12.8. The molecule has 0 aliphatic heterocycles. The zero-order valence-corrected chi connectivity index (χ0v) is 29.8. The average molecular weight is 704 g/mol.